The third-order valence-electron chi connectivity index (χ3n) is 1.18. The lowest BCUT2D eigenvalue weighted by Crippen LogP contribution is -2.02. The Morgan fingerprint density at radius 2 is 2.00 bits per heavy atom. The molecule has 2 N–H and O–H groups in total. The smallest absolute Gasteiger partial charge is 0.419 e. The highest BCUT2D eigenvalue weighted by Gasteiger charge is 2.32. The summed E-state index contributed by atoms with van der Waals surface area (Å²) in [5.41, 5.74) is 4.25. The maximum atomic E-state index is 11.8. The number of halogens is 4. The van der Waals surface area contributed by atoms with Crippen LogP contribution in [-0.2, 0) is 12.7 Å². The van der Waals surface area contributed by atoms with Crippen LogP contribution in [0.4, 0.5) is 13.2 Å². The molecular formula is C6H7ClF3NO. The number of furan rings is 1. The average Bonchev–Trinajstić information content (AvgIpc) is 2.32. The fourth-order valence-corrected chi connectivity index (χ4v) is 0.636. The molecular weight excluding hydrogens is 195 g/mol. The largest absolute Gasteiger partial charge is 0.467 e. The molecule has 0 unspecified atom stereocenters. The zero-order valence-electron chi connectivity index (χ0n) is 5.89. The van der Waals surface area contributed by atoms with Gasteiger partial charge in [0, 0.05) is 0 Å². The van der Waals surface area contributed by atoms with Gasteiger partial charge in [-0.15, -0.1) is 12.4 Å². The average molecular weight is 202 g/mol. The summed E-state index contributed by atoms with van der Waals surface area (Å²) >= 11 is 0. The molecule has 0 bridgehead atoms. The third kappa shape index (κ3) is 2.42. The van der Waals surface area contributed by atoms with Gasteiger partial charge in [0.2, 0.25) is 0 Å². The zero-order valence-corrected chi connectivity index (χ0v) is 6.71. The van der Waals surface area contributed by atoms with Crippen LogP contribution >= 0.6 is 12.4 Å². The summed E-state index contributed by atoms with van der Waals surface area (Å²) in [4.78, 5) is 0. The minimum Gasteiger partial charge on any atom is -0.467 e. The first-order valence-corrected chi connectivity index (χ1v) is 2.88. The number of hydrogen-bond donors (Lipinski definition) is 1. The molecule has 0 aliphatic heterocycles. The van der Waals surface area contributed by atoms with Crippen molar-refractivity contribution in [3.05, 3.63) is 23.7 Å². The molecule has 1 aromatic heterocycles. The van der Waals surface area contributed by atoms with Gasteiger partial charge in [-0.2, -0.15) is 13.2 Å². The Bertz CT molecular complexity index is 245. The molecule has 0 atom stereocenters. The first-order chi connectivity index (χ1) is 5.04. The summed E-state index contributed by atoms with van der Waals surface area (Å²) < 4.78 is 40.0. The van der Waals surface area contributed by atoms with E-state index < -0.39 is 11.7 Å². The van der Waals surface area contributed by atoms with E-state index in [1.165, 1.54) is 0 Å². The van der Waals surface area contributed by atoms with Crippen LogP contribution < -0.4 is 5.73 Å². The highest BCUT2D eigenvalue weighted by molar-refractivity contribution is 5.85. The van der Waals surface area contributed by atoms with Gasteiger partial charge >= 0.3 is 6.18 Å². The Kier molecular flexibility index (Phi) is 3.60. The van der Waals surface area contributed by atoms with Gasteiger partial charge in [-0.25, -0.2) is 0 Å². The Hall–Kier alpha value is -0.680. The molecule has 0 saturated heterocycles. The van der Waals surface area contributed by atoms with Crippen molar-refractivity contribution in [3.8, 4) is 0 Å². The number of nitrogens with two attached hydrogens (primary N) is 1. The molecule has 70 valence electrons. The lowest BCUT2D eigenvalue weighted by molar-refractivity contribution is -0.137. The van der Waals surface area contributed by atoms with Crippen molar-refractivity contribution in [2.45, 2.75) is 12.7 Å². The quantitative estimate of drug-likeness (QED) is 0.757. The van der Waals surface area contributed by atoms with Crippen molar-refractivity contribution in [2.24, 2.45) is 5.73 Å². The van der Waals surface area contributed by atoms with E-state index in [4.69, 9.17) is 5.73 Å². The van der Waals surface area contributed by atoms with Gasteiger partial charge in [0.05, 0.1) is 12.1 Å². The fraction of sp³-hybridized carbons (Fsp3) is 0.333. The van der Waals surface area contributed by atoms with Crippen molar-refractivity contribution >= 4 is 12.4 Å². The minimum absolute atomic E-state index is 0. The second-order valence-corrected chi connectivity index (χ2v) is 2.00. The monoisotopic (exact) mass is 201 g/mol. The topological polar surface area (TPSA) is 39.2 Å². The molecule has 0 spiro atoms. The van der Waals surface area contributed by atoms with Crippen LogP contribution in [0.25, 0.3) is 0 Å². The van der Waals surface area contributed by atoms with E-state index in [2.05, 4.69) is 4.42 Å². The Labute approximate surface area is 72.9 Å². The predicted molar refractivity (Wildman–Crippen MR) is 38.8 cm³/mol. The maximum absolute atomic E-state index is 11.8. The molecule has 12 heavy (non-hydrogen) atoms. The van der Waals surface area contributed by atoms with E-state index in [0.29, 0.717) is 6.26 Å². The van der Waals surface area contributed by atoms with Crippen LogP contribution in [0.2, 0.25) is 0 Å². The molecule has 6 heteroatoms. The van der Waals surface area contributed by atoms with Gasteiger partial charge in [-0.05, 0) is 6.07 Å². The van der Waals surface area contributed by atoms with E-state index >= 15 is 0 Å². The van der Waals surface area contributed by atoms with Gasteiger partial charge in [-0.1, -0.05) is 0 Å². The van der Waals surface area contributed by atoms with E-state index in [9.17, 15) is 13.2 Å². The first-order valence-electron chi connectivity index (χ1n) is 2.88. The molecule has 1 heterocycles. The fourth-order valence-electron chi connectivity index (χ4n) is 0.636. The van der Waals surface area contributed by atoms with Gasteiger partial charge < -0.3 is 10.2 Å². The number of rotatable bonds is 1. The van der Waals surface area contributed by atoms with Gasteiger partial charge in [0.25, 0.3) is 0 Å². The molecule has 2 nitrogen and oxygen atoms in total. The van der Waals surface area contributed by atoms with Crippen molar-refractivity contribution in [1.82, 2.24) is 0 Å². The van der Waals surface area contributed by atoms with Crippen LogP contribution in [0.3, 0.4) is 0 Å². The first kappa shape index (κ1) is 11.3. The summed E-state index contributed by atoms with van der Waals surface area (Å²) in [5, 5.41) is 0. The van der Waals surface area contributed by atoms with Crippen LogP contribution in [0.1, 0.15) is 11.3 Å². The number of hydrogen-bond acceptors (Lipinski definition) is 2. The number of alkyl halides is 3. The molecule has 0 radical (unpaired) electrons. The second-order valence-electron chi connectivity index (χ2n) is 2.00. The summed E-state index contributed by atoms with van der Waals surface area (Å²) in [6, 6.07) is 0.889. The van der Waals surface area contributed by atoms with Gasteiger partial charge in [0.15, 0.2) is 0 Å². The van der Waals surface area contributed by atoms with E-state index in [-0.39, 0.29) is 24.7 Å². The maximum Gasteiger partial charge on any atom is 0.419 e. The minimum atomic E-state index is -4.34. The van der Waals surface area contributed by atoms with Crippen LogP contribution in [-0.4, -0.2) is 0 Å². The van der Waals surface area contributed by atoms with Crippen molar-refractivity contribution < 1.29 is 17.6 Å². The molecule has 0 fully saturated rings. The molecule has 0 saturated carbocycles. The zero-order chi connectivity index (χ0) is 8.48. The summed E-state index contributed by atoms with van der Waals surface area (Å²) in [7, 11) is 0. The lowest BCUT2D eigenvalue weighted by atomic mass is 10.3. The van der Waals surface area contributed by atoms with Crippen molar-refractivity contribution in [1.29, 1.82) is 0 Å². The van der Waals surface area contributed by atoms with Crippen molar-refractivity contribution in [2.75, 3.05) is 0 Å². The third-order valence-corrected chi connectivity index (χ3v) is 1.18. The lowest BCUT2D eigenvalue weighted by Gasteiger charge is -1.99. The van der Waals surface area contributed by atoms with Crippen LogP contribution in [0.5, 0.6) is 0 Å². The predicted octanol–water partition coefficient (Wildman–Crippen LogP) is 2.18. The van der Waals surface area contributed by atoms with Crippen molar-refractivity contribution in [3.63, 3.8) is 0 Å². The normalized spacial score (nSPS) is 11.0. The van der Waals surface area contributed by atoms with Crippen LogP contribution in [0, 0.1) is 0 Å². The standard InChI is InChI=1S/C6H6F3NO.ClH/c7-6(8,9)4-1-5(2-10)11-3-4;/h1,3H,2,10H2;1H. The summed E-state index contributed by atoms with van der Waals surface area (Å²) in [6.07, 6.45) is -3.68. The molecule has 1 rings (SSSR count). The van der Waals surface area contributed by atoms with E-state index in [0.717, 1.165) is 6.07 Å². The Morgan fingerprint density at radius 1 is 1.42 bits per heavy atom. The van der Waals surface area contributed by atoms with Crippen LogP contribution in [0.15, 0.2) is 16.7 Å². The summed E-state index contributed by atoms with van der Waals surface area (Å²) in [6.45, 7) is -0.0178. The van der Waals surface area contributed by atoms with Gasteiger partial charge in [0.1, 0.15) is 12.0 Å². The highest BCUT2D eigenvalue weighted by atomic mass is 35.5. The second kappa shape index (κ2) is 3.82. The molecule has 1 aromatic rings. The molecule has 0 aromatic carbocycles. The van der Waals surface area contributed by atoms with E-state index in [1.54, 1.807) is 0 Å². The Balaban J connectivity index is 0.00000121. The van der Waals surface area contributed by atoms with E-state index in [1.807, 2.05) is 0 Å². The molecule has 0 amide bonds. The molecule has 0 aliphatic carbocycles. The molecule has 0 aliphatic rings. The Morgan fingerprint density at radius 3 is 2.25 bits per heavy atom. The van der Waals surface area contributed by atoms with Gasteiger partial charge in [-0.3, -0.25) is 0 Å². The highest BCUT2D eigenvalue weighted by Crippen LogP contribution is 2.30. The SMILES string of the molecule is Cl.NCc1cc(C(F)(F)F)co1. The summed E-state index contributed by atoms with van der Waals surface area (Å²) in [5.74, 6) is 0.136.